The second kappa shape index (κ2) is 6.19. The van der Waals surface area contributed by atoms with Crippen LogP contribution in [0.5, 0.6) is 0 Å². The highest BCUT2D eigenvalue weighted by molar-refractivity contribution is 5.62. The number of benzene rings is 1. The number of aryl methyl sites for hydroxylation is 1. The van der Waals surface area contributed by atoms with E-state index in [-0.39, 0.29) is 0 Å². The molecule has 1 fully saturated rings. The monoisotopic (exact) mass is 298 g/mol. The van der Waals surface area contributed by atoms with E-state index < -0.39 is 0 Å². The van der Waals surface area contributed by atoms with E-state index in [1.165, 1.54) is 5.56 Å². The summed E-state index contributed by atoms with van der Waals surface area (Å²) in [5, 5.41) is 6.57. The molecular formula is C16H22N6. The first-order valence-electron chi connectivity index (χ1n) is 7.60. The van der Waals surface area contributed by atoms with Crippen LogP contribution in [-0.4, -0.2) is 36.1 Å². The van der Waals surface area contributed by atoms with Gasteiger partial charge in [0, 0.05) is 30.9 Å². The second-order valence-electron chi connectivity index (χ2n) is 5.54. The summed E-state index contributed by atoms with van der Waals surface area (Å²) in [5.74, 6) is 1.89. The minimum atomic E-state index is 0.291. The third kappa shape index (κ3) is 3.12. The summed E-state index contributed by atoms with van der Waals surface area (Å²) < 4.78 is 0. The maximum absolute atomic E-state index is 5.85. The van der Waals surface area contributed by atoms with Gasteiger partial charge in [-0.05, 0) is 31.2 Å². The molecule has 0 atom stereocenters. The zero-order valence-electron chi connectivity index (χ0n) is 13.0. The van der Waals surface area contributed by atoms with Gasteiger partial charge in [0.05, 0.1) is 0 Å². The topological polar surface area (TPSA) is 79.1 Å². The molecule has 1 aromatic heterocycles. The van der Waals surface area contributed by atoms with E-state index in [2.05, 4.69) is 44.6 Å². The normalized spacial score (nSPS) is 14.7. The molecule has 116 valence electrons. The molecule has 22 heavy (non-hydrogen) atoms. The van der Waals surface area contributed by atoms with Gasteiger partial charge in [-0.15, -0.1) is 0 Å². The summed E-state index contributed by atoms with van der Waals surface area (Å²) in [5.41, 5.74) is 8.15. The predicted molar refractivity (Wildman–Crippen MR) is 90.6 cm³/mol. The number of rotatable bonds is 5. The predicted octanol–water partition coefficient (Wildman–Crippen LogP) is 1.77. The molecule has 6 heteroatoms. The van der Waals surface area contributed by atoms with E-state index in [0.29, 0.717) is 12.0 Å². The molecule has 3 rings (SSSR count). The van der Waals surface area contributed by atoms with Crippen LogP contribution in [0, 0.1) is 0 Å². The van der Waals surface area contributed by atoms with E-state index >= 15 is 0 Å². The number of likely N-dealkylation sites (N-methyl/N-ethyl adjacent to an activating group) is 1. The maximum atomic E-state index is 5.85. The van der Waals surface area contributed by atoms with Gasteiger partial charge >= 0.3 is 0 Å². The lowest BCUT2D eigenvalue weighted by molar-refractivity contribution is 0.447. The lowest BCUT2D eigenvalue weighted by Gasteiger charge is -2.40. The van der Waals surface area contributed by atoms with Gasteiger partial charge in [0.15, 0.2) is 0 Å². The van der Waals surface area contributed by atoms with Crippen LogP contribution in [0.15, 0.2) is 30.3 Å². The van der Waals surface area contributed by atoms with Crippen molar-refractivity contribution in [3.05, 3.63) is 35.9 Å². The Morgan fingerprint density at radius 3 is 2.82 bits per heavy atom. The molecule has 0 bridgehead atoms. The van der Waals surface area contributed by atoms with Gasteiger partial charge in [-0.25, -0.2) is 0 Å². The Labute approximate surface area is 130 Å². The minimum Gasteiger partial charge on any atom is -0.368 e. The third-order valence-electron chi connectivity index (χ3n) is 3.95. The summed E-state index contributed by atoms with van der Waals surface area (Å²) >= 11 is 0. The molecule has 2 heterocycles. The Morgan fingerprint density at radius 1 is 1.27 bits per heavy atom. The second-order valence-corrected chi connectivity index (χ2v) is 5.54. The van der Waals surface area contributed by atoms with Crippen molar-refractivity contribution >= 4 is 23.3 Å². The van der Waals surface area contributed by atoms with Crippen molar-refractivity contribution in [1.29, 1.82) is 0 Å². The molecule has 4 N–H and O–H groups in total. The van der Waals surface area contributed by atoms with Crippen molar-refractivity contribution in [2.75, 3.05) is 36.1 Å². The summed E-state index contributed by atoms with van der Waals surface area (Å²) in [6.07, 6.45) is 1.01. The fraction of sp³-hybridized carbons (Fsp3) is 0.375. The van der Waals surface area contributed by atoms with Crippen molar-refractivity contribution in [2.24, 2.45) is 0 Å². The number of aromatic nitrogens is 2. The van der Waals surface area contributed by atoms with Crippen LogP contribution in [0.1, 0.15) is 12.5 Å². The van der Waals surface area contributed by atoms with Crippen molar-refractivity contribution in [1.82, 2.24) is 15.3 Å². The molecule has 0 amide bonds. The van der Waals surface area contributed by atoms with Crippen LogP contribution in [0.4, 0.5) is 23.3 Å². The number of nitrogens with zero attached hydrogens (tertiary/aromatic N) is 3. The summed E-state index contributed by atoms with van der Waals surface area (Å²) in [6, 6.07) is 10.8. The van der Waals surface area contributed by atoms with E-state index in [9.17, 15) is 0 Å². The van der Waals surface area contributed by atoms with E-state index in [0.717, 1.165) is 36.8 Å². The highest BCUT2D eigenvalue weighted by atomic mass is 15.3. The summed E-state index contributed by atoms with van der Waals surface area (Å²) in [6.45, 7) is 4.03. The number of anilines is 4. The number of nitrogens with one attached hydrogen (secondary N) is 2. The summed E-state index contributed by atoms with van der Waals surface area (Å²) in [7, 11) is 1.98. The van der Waals surface area contributed by atoms with Crippen molar-refractivity contribution in [2.45, 2.75) is 19.4 Å². The summed E-state index contributed by atoms with van der Waals surface area (Å²) in [4.78, 5) is 10.8. The van der Waals surface area contributed by atoms with E-state index in [1.807, 2.05) is 25.2 Å². The molecule has 2 aromatic rings. The van der Waals surface area contributed by atoms with Crippen LogP contribution in [-0.2, 0) is 6.42 Å². The Balaban J connectivity index is 1.77. The van der Waals surface area contributed by atoms with E-state index in [1.54, 1.807) is 0 Å². The molecule has 0 radical (unpaired) electrons. The smallest absolute Gasteiger partial charge is 0.223 e. The largest absolute Gasteiger partial charge is 0.368 e. The first-order valence-corrected chi connectivity index (χ1v) is 7.60. The average Bonchev–Trinajstić information content (AvgIpc) is 2.46. The molecule has 1 aromatic carbocycles. The van der Waals surface area contributed by atoms with Crippen LogP contribution >= 0.6 is 0 Å². The first-order chi connectivity index (χ1) is 10.7. The highest BCUT2D eigenvalue weighted by Crippen LogP contribution is 2.24. The molecular weight excluding hydrogens is 276 g/mol. The molecule has 6 nitrogen and oxygen atoms in total. The average molecular weight is 298 g/mol. The zero-order chi connectivity index (χ0) is 15.5. The van der Waals surface area contributed by atoms with Gasteiger partial charge in [0.2, 0.25) is 5.95 Å². The maximum Gasteiger partial charge on any atom is 0.223 e. The van der Waals surface area contributed by atoms with Crippen LogP contribution < -0.4 is 21.3 Å². The number of hydrogen-bond donors (Lipinski definition) is 3. The molecule has 0 saturated carbocycles. The van der Waals surface area contributed by atoms with Crippen molar-refractivity contribution < 1.29 is 0 Å². The van der Waals surface area contributed by atoms with Gasteiger partial charge in [-0.3, -0.25) is 0 Å². The standard InChI is InChI=1S/C16H22N6/c1-3-11-5-4-6-12(7-11)19-14-8-15(21-16(17)20-14)22-9-13(10-22)18-2/h4-8,13,18H,3,9-10H2,1-2H3,(H3,17,19,20,21). The minimum absolute atomic E-state index is 0.291. The molecule has 1 aliphatic heterocycles. The van der Waals surface area contributed by atoms with Gasteiger partial charge < -0.3 is 21.3 Å². The fourth-order valence-corrected chi connectivity index (χ4v) is 2.54. The van der Waals surface area contributed by atoms with Gasteiger partial charge in [0.1, 0.15) is 11.6 Å². The molecule has 0 spiro atoms. The van der Waals surface area contributed by atoms with Crippen LogP contribution in [0.2, 0.25) is 0 Å². The van der Waals surface area contributed by atoms with Crippen molar-refractivity contribution in [3.8, 4) is 0 Å². The lowest BCUT2D eigenvalue weighted by atomic mass is 10.1. The molecule has 0 aliphatic carbocycles. The number of nitrogens with two attached hydrogens (primary N) is 1. The Bertz CT molecular complexity index is 651. The quantitative estimate of drug-likeness (QED) is 0.781. The zero-order valence-corrected chi connectivity index (χ0v) is 13.0. The first kappa shape index (κ1) is 14.6. The van der Waals surface area contributed by atoms with Gasteiger partial charge in [0.25, 0.3) is 0 Å². The number of nitrogen functional groups attached to an aromatic ring is 1. The SMILES string of the molecule is CCc1cccc(Nc2cc(N3CC(NC)C3)nc(N)n2)c1. The Morgan fingerprint density at radius 2 is 2.09 bits per heavy atom. The van der Waals surface area contributed by atoms with Gasteiger partial charge in [-0.2, -0.15) is 9.97 Å². The van der Waals surface area contributed by atoms with Crippen molar-refractivity contribution in [3.63, 3.8) is 0 Å². The Hall–Kier alpha value is -2.34. The molecule has 1 saturated heterocycles. The Kier molecular flexibility index (Phi) is 4.11. The van der Waals surface area contributed by atoms with Crippen LogP contribution in [0.3, 0.4) is 0 Å². The third-order valence-corrected chi connectivity index (χ3v) is 3.95. The van der Waals surface area contributed by atoms with Gasteiger partial charge in [-0.1, -0.05) is 19.1 Å². The number of hydrogen-bond acceptors (Lipinski definition) is 6. The molecule has 1 aliphatic rings. The fourth-order valence-electron chi connectivity index (χ4n) is 2.54. The lowest BCUT2D eigenvalue weighted by Crippen LogP contribution is -2.57. The molecule has 0 unspecified atom stereocenters. The highest BCUT2D eigenvalue weighted by Gasteiger charge is 2.26. The van der Waals surface area contributed by atoms with Crippen LogP contribution in [0.25, 0.3) is 0 Å². The van der Waals surface area contributed by atoms with E-state index in [4.69, 9.17) is 5.73 Å².